The molecule has 10 nitrogen and oxygen atoms in total. The third-order valence-corrected chi connectivity index (χ3v) is 3.28. The van der Waals surface area contributed by atoms with Gasteiger partial charge in [-0.05, 0) is 6.07 Å². The summed E-state index contributed by atoms with van der Waals surface area (Å²) in [4.78, 5) is 24.7. The summed E-state index contributed by atoms with van der Waals surface area (Å²) < 4.78 is 5.09. The summed E-state index contributed by atoms with van der Waals surface area (Å²) in [6.45, 7) is 0.156. The SMILES string of the molecule is O=[N+]([O-])c1cccc(NCc2nc(-c3cccc([N+](=O)[O-])c3)no2)c1. The van der Waals surface area contributed by atoms with E-state index in [-0.39, 0.29) is 29.6 Å². The molecule has 1 aromatic heterocycles. The molecule has 0 aliphatic heterocycles. The molecule has 0 saturated carbocycles. The van der Waals surface area contributed by atoms with Crippen LogP contribution in [0.3, 0.4) is 0 Å². The Labute approximate surface area is 140 Å². The molecule has 25 heavy (non-hydrogen) atoms. The number of nitro groups is 2. The Balaban J connectivity index is 1.72. The molecular weight excluding hydrogens is 330 g/mol. The highest BCUT2D eigenvalue weighted by molar-refractivity contribution is 5.58. The van der Waals surface area contributed by atoms with Crippen LogP contribution >= 0.6 is 0 Å². The zero-order valence-corrected chi connectivity index (χ0v) is 12.7. The van der Waals surface area contributed by atoms with Gasteiger partial charge in [-0.3, -0.25) is 20.2 Å². The maximum Gasteiger partial charge on any atom is 0.271 e. The summed E-state index contributed by atoms with van der Waals surface area (Å²) in [5, 5.41) is 28.3. The second kappa shape index (κ2) is 6.74. The number of nitro benzene ring substituents is 2. The second-order valence-corrected chi connectivity index (χ2v) is 4.98. The molecule has 2 aromatic carbocycles. The average molecular weight is 341 g/mol. The first-order chi connectivity index (χ1) is 12.0. The van der Waals surface area contributed by atoms with Crippen molar-refractivity contribution in [3.8, 4) is 11.4 Å². The quantitative estimate of drug-likeness (QED) is 0.533. The highest BCUT2D eigenvalue weighted by atomic mass is 16.6. The van der Waals surface area contributed by atoms with Gasteiger partial charge in [-0.1, -0.05) is 23.4 Å². The van der Waals surface area contributed by atoms with Crippen LogP contribution in [0, 0.1) is 20.2 Å². The molecule has 0 unspecified atom stereocenters. The van der Waals surface area contributed by atoms with Gasteiger partial charge in [0.1, 0.15) is 0 Å². The van der Waals surface area contributed by atoms with E-state index in [4.69, 9.17) is 4.52 Å². The first kappa shape index (κ1) is 16.1. The van der Waals surface area contributed by atoms with Crippen LogP contribution < -0.4 is 5.32 Å². The normalized spacial score (nSPS) is 10.4. The van der Waals surface area contributed by atoms with E-state index in [1.54, 1.807) is 18.2 Å². The third kappa shape index (κ3) is 3.75. The van der Waals surface area contributed by atoms with E-state index in [1.807, 2.05) is 0 Å². The van der Waals surface area contributed by atoms with Crippen LogP contribution in [0.4, 0.5) is 17.1 Å². The number of rotatable bonds is 6. The van der Waals surface area contributed by atoms with Crippen molar-refractivity contribution in [2.24, 2.45) is 0 Å². The van der Waals surface area contributed by atoms with Gasteiger partial charge in [0.05, 0.1) is 16.4 Å². The summed E-state index contributed by atoms with van der Waals surface area (Å²) in [6.07, 6.45) is 0. The van der Waals surface area contributed by atoms with Crippen LogP contribution in [0.5, 0.6) is 0 Å². The molecule has 10 heteroatoms. The molecule has 0 atom stereocenters. The molecule has 126 valence electrons. The van der Waals surface area contributed by atoms with Crippen molar-refractivity contribution in [3.63, 3.8) is 0 Å². The molecule has 0 bridgehead atoms. The molecule has 1 heterocycles. The average Bonchev–Trinajstić information content (AvgIpc) is 3.09. The molecule has 0 spiro atoms. The van der Waals surface area contributed by atoms with Gasteiger partial charge < -0.3 is 9.84 Å². The van der Waals surface area contributed by atoms with Gasteiger partial charge in [-0.25, -0.2) is 0 Å². The van der Waals surface area contributed by atoms with Crippen LogP contribution in [0.1, 0.15) is 5.89 Å². The Morgan fingerprint density at radius 2 is 1.68 bits per heavy atom. The van der Waals surface area contributed by atoms with E-state index in [0.29, 0.717) is 11.3 Å². The van der Waals surface area contributed by atoms with Crippen molar-refractivity contribution < 1.29 is 14.4 Å². The van der Waals surface area contributed by atoms with Gasteiger partial charge in [-0.2, -0.15) is 4.98 Å². The maximum atomic E-state index is 10.8. The van der Waals surface area contributed by atoms with Crippen molar-refractivity contribution in [2.75, 3.05) is 5.32 Å². The van der Waals surface area contributed by atoms with Crippen LogP contribution in [0.25, 0.3) is 11.4 Å². The van der Waals surface area contributed by atoms with Crippen molar-refractivity contribution in [1.29, 1.82) is 0 Å². The molecule has 0 aliphatic carbocycles. The van der Waals surface area contributed by atoms with Crippen molar-refractivity contribution in [2.45, 2.75) is 6.54 Å². The summed E-state index contributed by atoms with van der Waals surface area (Å²) in [6, 6.07) is 11.9. The number of hydrogen-bond donors (Lipinski definition) is 1. The molecule has 0 saturated heterocycles. The van der Waals surface area contributed by atoms with E-state index in [9.17, 15) is 20.2 Å². The fourth-order valence-corrected chi connectivity index (χ4v) is 2.11. The highest BCUT2D eigenvalue weighted by Crippen LogP contribution is 2.22. The van der Waals surface area contributed by atoms with Crippen molar-refractivity contribution in [3.05, 3.63) is 74.7 Å². The minimum Gasteiger partial charge on any atom is -0.376 e. The van der Waals surface area contributed by atoms with Gasteiger partial charge in [-0.15, -0.1) is 0 Å². The number of aromatic nitrogens is 2. The Morgan fingerprint density at radius 3 is 2.40 bits per heavy atom. The van der Waals surface area contributed by atoms with Crippen LogP contribution in [0.15, 0.2) is 53.1 Å². The van der Waals surface area contributed by atoms with Gasteiger partial charge in [0.2, 0.25) is 11.7 Å². The number of benzene rings is 2. The van der Waals surface area contributed by atoms with Gasteiger partial charge in [0, 0.05) is 35.5 Å². The van der Waals surface area contributed by atoms with Crippen LogP contribution in [-0.2, 0) is 6.54 Å². The highest BCUT2D eigenvalue weighted by Gasteiger charge is 2.13. The number of anilines is 1. The van der Waals surface area contributed by atoms with E-state index in [1.165, 1.54) is 30.3 Å². The van der Waals surface area contributed by atoms with E-state index >= 15 is 0 Å². The lowest BCUT2D eigenvalue weighted by Crippen LogP contribution is -2.00. The van der Waals surface area contributed by atoms with E-state index in [2.05, 4.69) is 15.5 Å². The fourth-order valence-electron chi connectivity index (χ4n) is 2.11. The summed E-state index contributed by atoms with van der Waals surface area (Å²) in [5.74, 6) is 0.465. The van der Waals surface area contributed by atoms with Gasteiger partial charge in [0.25, 0.3) is 11.4 Å². The Morgan fingerprint density at radius 1 is 1.00 bits per heavy atom. The number of nitrogens with zero attached hydrogens (tertiary/aromatic N) is 4. The smallest absolute Gasteiger partial charge is 0.271 e. The zero-order chi connectivity index (χ0) is 17.8. The maximum absolute atomic E-state index is 10.8. The fraction of sp³-hybridized carbons (Fsp3) is 0.0667. The molecule has 0 radical (unpaired) electrons. The monoisotopic (exact) mass is 341 g/mol. The third-order valence-electron chi connectivity index (χ3n) is 3.28. The van der Waals surface area contributed by atoms with Crippen LogP contribution in [0.2, 0.25) is 0 Å². The number of nitrogens with one attached hydrogen (secondary N) is 1. The van der Waals surface area contributed by atoms with Gasteiger partial charge in [0.15, 0.2) is 0 Å². The molecule has 0 amide bonds. The Kier molecular flexibility index (Phi) is 4.33. The van der Waals surface area contributed by atoms with E-state index < -0.39 is 9.85 Å². The predicted molar refractivity (Wildman–Crippen MR) is 86.8 cm³/mol. The molecule has 0 aliphatic rings. The zero-order valence-electron chi connectivity index (χ0n) is 12.7. The lowest BCUT2D eigenvalue weighted by molar-refractivity contribution is -0.385. The first-order valence-corrected chi connectivity index (χ1v) is 7.08. The topological polar surface area (TPSA) is 137 Å². The summed E-state index contributed by atoms with van der Waals surface area (Å²) in [7, 11) is 0. The molecule has 3 aromatic rings. The standard InChI is InChI=1S/C15H11N5O5/c21-19(22)12-5-1-3-10(7-12)15-17-14(25-18-15)9-16-11-4-2-6-13(8-11)20(23)24/h1-8,16H,9H2. The number of non-ortho nitro benzene ring substituents is 2. The molecular formula is C15H11N5O5. The lowest BCUT2D eigenvalue weighted by atomic mass is 10.2. The Hall–Kier alpha value is -3.82. The Bertz CT molecular complexity index is 939. The minimum atomic E-state index is -0.506. The van der Waals surface area contributed by atoms with Crippen molar-refractivity contribution >= 4 is 17.1 Å². The molecule has 0 fully saturated rings. The lowest BCUT2D eigenvalue weighted by Gasteiger charge is -2.02. The van der Waals surface area contributed by atoms with E-state index in [0.717, 1.165) is 0 Å². The van der Waals surface area contributed by atoms with Crippen LogP contribution in [-0.4, -0.2) is 20.0 Å². The largest absolute Gasteiger partial charge is 0.376 e. The minimum absolute atomic E-state index is 0.0344. The predicted octanol–water partition coefficient (Wildman–Crippen LogP) is 3.17. The summed E-state index contributed by atoms with van der Waals surface area (Å²) in [5.41, 5.74) is 0.884. The second-order valence-electron chi connectivity index (χ2n) is 4.98. The molecule has 3 rings (SSSR count). The summed E-state index contributed by atoms with van der Waals surface area (Å²) >= 11 is 0. The van der Waals surface area contributed by atoms with Gasteiger partial charge >= 0.3 is 0 Å². The van der Waals surface area contributed by atoms with Crippen molar-refractivity contribution in [1.82, 2.24) is 10.1 Å². The molecule has 1 N–H and O–H groups in total. The number of hydrogen-bond acceptors (Lipinski definition) is 8. The first-order valence-electron chi connectivity index (χ1n) is 7.08.